The van der Waals surface area contributed by atoms with E-state index < -0.39 is 47.0 Å². The SMILES string of the molecule is COc1ccc(CN2C(=O)[C@@H]3[C@H](CC(N)=O)N[C@]4(C(=O)Nc5c4ccc(C)c5C)[C@@H]3C2=O)cc1. The number of likely N-dealkylation sites (tertiary alicyclic amines) is 1. The Kier molecular flexibility index (Phi) is 4.98. The number of fused-ring (bicyclic) bond motifs is 4. The molecule has 9 nitrogen and oxygen atoms in total. The molecule has 5 rings (SSSR count). The van der Waals surface area contributed by atoms with Gasteiger partial charge < -0.3 is 15.8 Å². The first kappa shape index (κ1) is 22.1. The van der Waals surface area contributed by atoms with Crippen molar-refractivity contribution in [3.63, 3.8) is 0 Å². The molecule has 2 aromatic carbocycles. The van der Waals surface area contributed by atoms with Gasteiger partial charge in [0.2, 0.25) is 23.6 Å². The molecule has 3 heterocycles. The lowest BCUT2D eigenvalue weighted by molar-refractivity contribution is -0.143. The summed E-state index contributed by atoms with van der Waals surface area (Å²) in [5, 5.41) is 6.14. The van der Waals surface area contributed by atoms with Gasteiger partial charge in [-0.3, -0.25) is 29.4 Å². The minimum Gasteiger partial charge on any atom is -0.497 e. The van der Waals surface area contributed by atoms with E-state index >= 15 is 0 Å². The lowest BCUT2D eigenvalue weighted by Gasteiger charge is -2.29. The van der Waals surface area contributed by atoms with Crippen LogP contribution in [0.3, 0.4) is 0 Å². The smallest absolute Gasteiger partial charge is 0.250 e. The number of ether oxygens (including phenoxy) is 1. The van der Waals surface area contributed by atoms with Crippen LogP contribution in [0.25, 0.3) is 0 Å². The highest BCUT2D eigenvalue weighted by molar-refractivity contribution is 6.15. The predicted molar refractivity (Wildman–Crippen MR) is 122 cm³/mol. The molecule has 2 fully saturated rings. The van der Waals surface area contributed by atoms with Gasteiger partial charge in [0.25, 0.3) is 0 Å². The van der Waals surface area contributed by atoms with Crippen LogP contribution in [0, 0.1) is 25.7 Å². The van der Waals surface area contributed by atoms with Crippen molar-refractivity contribution >= 4 is 29.3 Å². The molecule has 4 atom stereocenters. The van der Waals surface area contributed by atoms with Gasteiger partial charge in [-0.25, -0.2) is 0 Å². The van der Waals surface area contributed by atoms with Crippen LogP contribution < -0.4 is 21.1 Å². The summed E-state index contributed by atoms with van der Waals surface area (Å²) in [5.74, 6) is -3.05. The molecule has 2 aromatic rings. The first-order valence-electron chi connectivity index (χ1n) is 11.1. The maximum atomic E-state index is 13.8. The zero-order valence-corrected chi connectivity index (χ0v) is 19.2. The number of rotatable bonds is 5. The number of methoxy groups -OCH3 is 1. The number of aryl methyl sites for hydroxylation is 1. The number of amides is 4. The van der Waals surface area contributed by atoms with Crippen LogP contribution in [0.4, 0.5) is 5.69 Å². The number of primary amides is 1. The molecule has 3 aliphatic heterocycles. The minimum absolute atomic E-state index is 0.0649. The van der Waals surface area contributed by atoms with Crippen molar-refractivity contribution < 1.29 is 23.9 Å². The predicted octanol–water partition coefficient (Wildman–Crippen LogP) is 1.11. The van der Waals surface area contributed by atoms with E-state index in [1.807, 2.05) is 26.0 Å². The number of nitrogens with zero attached hydrogens (tertiary/aromatic N) is 1. The number of hydrogen-bond acceptors (Lipinski definition) is 6. The van der Waals surface area contributed by atoms with Crippen LogP contribution in [0.15, 0.2) is 36.4 Å². The van der Waals surface area contributed by atoms with Gasteiger partial charge in [-0.15, -0.1) is 0 Å². The molecule has 0 saturated carbocycles. The second-order valence-corrected chi connectivity index (χ2v) is 9.23. The number of imide groups is 1. The molecule has 0 aliphatic carbocycles. The normalized spacial score (nSPS) is 27.2. The number of hydrogen-bond donors (Lipinski definition) is 3. The quantitative estimate of drug-likeness (QED) is 0.571. The molecule has 3 aliphatic rings. The lowest BCUT2D eigenvalue weighted by atomic mass is 9.76. The number of carbonyl (C=O) groups is 4. The van der Waals surface area contributed by atoms with Crippen LogP contribution in [-0.2, 0) is 31.3 Å². The Morgan fingerprint density at radius 1 is 1.09 bits per heavy atom. The standard InChI is InChI=1S/C25H26N4O5/c1-12-4-9-16-21(13(12)2)27-24(33)25(16)20-19(17(28-25)10-18(26)30)22(31)29(23(20)32)11-14-5-7-15(34-3)8-6-14/h4-9,17,19-20,28H,10-11H2,1-3H3,(H2,26,30)(H,27,33)/t17-,19+,20-,25-/m0/s1. The van der Waals surface area contributed by atoms with Crippen molar-refractivity contribution in [1.29, 1.82) is 0 Å². The highest BCUT2D eigenvalue weighted by Gasteiger charge is 2.70. The third kappa shape index (κ3) is 2.96. The first-order chi connectivity index (χ1) is 16.2. The average molecular weight is 463 g/mol. The Morgan fingerprint density at radius 2 is 1.79 bits per heavy atom. The number of nitrogens with two attached hydrogens (primary N) is 1. The zero-order chi connectivity index (χ0) is 24.4. The summed E-state index contributed by atoms with van der Waals surface area (Å²) < 4.78 is 5.18. The monoisotopic (exact) mass is 462 g/mol. The van der Waals surface area contributed by atoms with E-state index in [4.69, 9.17) is 10.5 Å². The van der Waals surface area contributed by atoms with Crippen molar-refractivity contribution in [3.8, 4) is 5.75 Å². The van der Waals surface area contributed by atoms with E-state index in [-0.39, 0.29) is 13.0 Å². The molecule has 1 spiro atoms. The van der Waals surface area contributed by atoms with E-state index in [0.717, 1.165) is 16.7 Å². The van der Waals surface area contributed by atoms with Crippen molar-refractivity contribution in [2.24, 2.45) is 17.6 Å². The van der Waals surface area contributed by atoms with E-state index in [2.05, 4.69) is 10.6 Å². The summed E-state index contributed by atoms with van der Waals surface area (Å²) in [6, 6.07) is 10.1. The minimum atomic E-state index is -1.44. The number of nitrogens with one attached hydrogen (secondary N) is 2. The van der Waals surface area contributed by atoms with E-state index in [1.165, 1.54) is 4.90 Å². The lowest BCUT2D eigenvalue weighted by Crippen LogP contribution is -2.53. The third-order valence-corrected chi connectivity index (χ3v) is 7.43. The van der Waals surface area contributed by atoms with Gasteiger partial charge in [0.05, 0.1) is 25.5 Å². The summed E-state index contributed by atoms with van der Waals surface area (Å²) in [6.45, 7) is 3.90. The summed E-state index contributed by atoms with van der Waals surface area (Å²) in [6.07, 6.45) is -0.161. The molecule has 0 unspecified atom stereocenters. The highest BCUT2D eigenvalue weighted by atomic mass is 16.5. The molecule has 4 amide bonds. The number of benzene rings is 2. The third-order valence-electron chi connectivity index (χ3n) is 7.43. The van der Waals surface area contributed by atoms with Gasteiger partial charge >= 0.3 is 0 Å². The fourth-order valence-corrected chi connectivity index (χ4v) is 5.64. The summed E-state index contributed by atoms with van der Waals surface area (Å²) >= 11 is 0. The second-order valence-electron chi connectivity index (χ2n) is 9.23. The maximum Gasteiger partial charge on any atom is 0.250 e. The topological polar surface area (TPSA) is 131 Å². The summed E-state index contributed by atoms with van der Waals surface area (Å²) in [7, 11) is 1.56. The Labute approximate surface area is 196 Å². The average Bonchev–Trinajstić information content (AvgIpc) is 3.37. The Balaban J connectivity index is 1.59. The first-order valence-corrected chi connectivity index (χ1v) is 11.1. The maximum absolute atomic E-state index is 13.8. The van der Waals surface area contributed by atoms with Crippen molar-refractivity contribution in [3.05, 3.63) is 58.7 Å². The largest absolute Gasteiger partial charge is 0.497 e. The molecule has 9 heteroatoms. The molecule has 0 radical (unpaired) electrons. The van der Waals surface area contributed by atoms with Gasteiger partial charge in [-0.05, 0) is 42.7 Å². The van der Waals surface area contributed by atoms with Gasteiger partial charge in [-0.2, -0.15) is 0 Å². The van der Waals surface area contributed by atoms with Crippen LogP contribution >= 0.6 is 0 Å². The molecule has 4 N–H and O–H groups in total. The molecule has 0 aromatic heterocycles. The van der Waals surface area contributed by atoms with Crippen LogP contribution in [0.5, 0.6) is 5.75 Å². The molecule has 2 saturated heterocycles. The Morgan fingerprint density at radius 3 is 2.44 bits per heavy atom. The van der Waals surface area contributed by atoms with Gasteiger partial charge in [0, 0.05) is 23.7 Å². The zero-order valence-electron chi connectivity index (χ0n) is 19.2. The molecule has 176 valence electrons. The Hall–Kier alpha value is -3.72. The van der Waals surface area contributed by atoms with E-state index in [9.17, 15) is 19.2 Å². The van der Waals surface area contributed by atoms with E-state index in [1.54, 1.807) is 31.4 Å². The van der Waals surface area contributed by atoms with E-state index in [0.29, 0.717) is 17.0 Å². The number of anilines is 1. The van der Waals surface area contributed by atoms with Crippen molar-refractivity contribution in [2.45, 2.75) is 38.4 Å². The van der Waals surface area contributed by atoms with Crippen molar-refractivity contribution in [1.82, 2.24) is 10.2 Å². The van der Waals surface area contributed by atoms with Gasteiger partial charge in [0.15, 0.2) is 0 Å². The van der Waals surface area contributed by atoms with Gasteiger partial charge in [-0.1, -0.05) is 24.3 Å². The number of carbonyl (C=O) groups excluding carboxylic acids is 4. The second kappa shape index (κ2) is 7.66. The summed E-state index contributed by atoms with van der Waals surface area (Å²) in [4.78, 5) is 53.9. The van der Waals surface area contributed by atoms with Gasteiger partial charge in [0.1, 0.15) is 11.3 Å². The van der Waals surface area contributed by atoms with Crippen LogP contribution in [0.1, 0.15) is 28.7 Å². The summed E-state index contributed by atoms with van der Waals surface area (Å²) in [5.41, 5.74) is 7.94. The molecule has 34 heavy (non-hydrogen) atoms. The fraction of sp³-hybridized carbons (Fsp3) is 0.360. The molecular formula is C25H26N4O5. The highest BCUT2D eigenvalue weighted by Crippen LogP contribution is 2.54. The molecule has 0 bridgehead atoms. The van der Waals surface area contributed by atoms with Crippen LogP contribution in [-0.4, -0.2) is 41.7 Å². The van der Waals surface area contributed by atoms with Crippen molar-refractivity contribution in [2.75, 3.05) is 12.4 Å². The fourth-order valence-electron chi connectivity index (χ4n) is 5.64. The van der Waals surface area contributed by atoms with Crippen LogP contribution in [0.2, 0.25) is 0 Å². The Bertz CT molecular complexity index is 1240. The molecular weight excluding hydrogens is 436 g/mol.